The number of nitrogens with zero attached hydrogens (tertiary/aromatic N) is 2. The van der Waals surface area contributed by atoms with Crippen molar-refractivity contribution in [2.75, 3.05) is 11.9 Å². The molecule has 1 heterocycles. The number of hydrogen-bond acceptors (Lipinski definition) is 4. The molecule has 8 heteroatoms. The highest BCUT2D eigenvalue weighted by Crippen LogP contribution is 2.29. The molecule has 2 aromatic carbocycles. The second-order valence-electron chi connectivity index (χ2n) is 8.67. The van der Waals surface area contributed by atoms with Gasteiger partial charge in [0, 0.05) is 42.8 Å². The third kappa shape index (κ3) is 4.78. The van der Waals surface area contributed by atoms with E-state index in [0.29, 0.717) is 48.6 Å². The Labute approximate surface area is 197 Å². The van der Waals surface area contributed by atoms with Crippen LogP contribution in [0.3, 0.4) is 0 Å². The number of hydrogen-bond donors (Lipinski definition) is 1. The van der Waals surface area contributed by atoms with Gasteiger partial charge < -0.3 is 10.2 Å². The maximum absolute atomic E-state index is 12.9. The molecule has 2 aliphatic rings. The Morgan fingerprint density at radius 3 is 2.73 bits per heavy atom. The fraction of sp³-hybridized carbons (Fsp3) is 0.360. The van der Waals surface area contributed by atoms with Crippen LogP contribution in [-0.2, 0) is 22.7 Å². The number of carbonyl (C=O) groups is 4. The summed E-state index contributed by atoms with van der Waals surface area (Å²) in [6, 6.07) is 10.1. The molecule has 1 aliphatic carbocycles. The number of halogens is 1. The fourth-order valence-corrected chi connectivity index (χ4v) is 4.52. The molecule has 0 saturated heterocycles. The maximum Gasteiger partial charge on any atom is 0.321 e. The van der Waals surface area contributed by atoms with Crippen LogP contribution in [0, 0.1) is 6.92 Å². The number of nitrogens with one attached hydrogen (secondary N) is 1. The molecule has 0 bridgehead atoms. The highest BCUT2D eigenvalue weighted by Gasteiger charge is 2.37. The minimum Gasteiger partial charge on any atom is -0.334 e. The van der Waals surface area contributed by atoms with E-state index < -0.39 is 6.04 Å². The molecular formula is C25H26ClN3O4. The summed E-state index contributed by atoms with van der Waals surface area (Å²) in [5, 5.41) is 3.48. The van der Waals surface area contributed by atoms with Crippen LogP contribution in [0.25, 0.3) is 0 Å². The van der Waals surface area contributed by atoms with Gasteiger partial charge in [-0.1, -0.05) is 29.8 Å². The Kier molecular flexibility index (Phi) is 6.51. The van der Waals surface area contributed by atoms with E-state index in [2.05, 4.69) is 5.32 Å². The molecule has 0 aromatic heterocycles. The van der Waals surface area contributed by atoms with E-state index in [4.69, 9.17) is 11.6 Å². The van der Waals surface area contributed by atoms with Crippen LogP contribution < -0.4 is 10.2 Å². The molecular weight excluding hydrogens is 442 g/mol. The molecule has 1 N–H and O–H groups in total. The van der Waals surface area contributed by atoms with Gasteiger partial charge in [0.15, 0.2) is 5.78 Å². The van der Waals surface area contributed by atoms with Crippen molar-refractivity contribution in [1.29, 1.82) is 0 Å². The highest BCUT2D eigenvalue weighted by molar-refractivity contribution is 6.31. The molecule has 0 spiro atoms. The van der Waals surface area contributed by atoms with Crippen LogP contribution in [0.4, 0.5) is 10.5 Å². The second kappa shape index (κ2) is 9.35. The zero-order valence-electron chi connectivity index (χ0n) is 18.7. The number of benzene rings is 2. The number of rotatable bonds is 4. The molecule has 1 unspecified atom stereocenters. The molecule has 1 saturated carbocycles. The van der Waals surface area contributed by atoms with Gasteiger partial charge in [-0.2, -0.15) is 0 Å². The first-order valence-electron chi connectivity index (χ1n) is 11.0. The van der Waals surface area contributed by atoms with Crippen LogP contribution in [0.5, 0.6) is 0 Å². The summed E-state index contributed by atoms with van der Waals surface area (Å²) in [5.74, 6) is -0.405. The maximum atomic E-state index is 12.9. The lowest BCUT2D eigenvalue weighted by Crippen LogP contribution is -2.41. The van der Waals surface area contributed by atoms with E-state index >= 15 is 0 Å². The first-order valence-corrected chi connectivity index (χ1v) is 11.4. The zero-order chi connectivity index (χ0) is 23.7. The van der Waals surface area contributed by atoms with E-state index in [1.165, 1.54) is 4.90 Å². The third-order valence-electron chi connectivity index (χ3n) is 6.35. The lowest BCUT2D eigenvalue weighted by molar-refractivity contribution is -0.128. The van der Waals surface area contributed by atoms with Crippen LogP contribution in [0.2, 0.25) is 5.02 Å². The molecule has 1 aliphatic heterocycles. The average molecular weight is 468 g/mol. The first-order chi connectivity index (χ1) is 15.7. The van der Waals surface area contributed by atoms with Gasteiger partial charge in [-0.15, -0.1) is 0 Å². The summed E-state index contributed by atoms with van der Waals surface area (Å²) in [4.78, 5) is 52.8. The largest absolute Gasteiger partial charge is 0.334 e. The van der Waals surface area contributed by atoms with Crippen molar-refractivity contribution in [3.8, 4) is 0 Å². The van der Waals surface area contributed by atoms with Gasteiger partial charge in [-0.05, 0) is 54.7 Å². The van der Waals surface area contributed by atoms with Crippen LogP contribution in [0.1, 0.15) is 52.7 Å². The fourth-order valence-electron chi connectivity index (χ4n) is 4.35. The molecule has 4 rings (SSSR count). The Hall–Kier alpha value is -3.19. The van der Waals surface area contributed by atoms with E-state index in [1.54, 1.807) is 24.1 Å². The molecule has 33 heavy (non-hydrogen) atoms. The first kappa shape index (κ1) is 23.0. The molecule has 2 aromatic rings. The average Bonchev–Trinajstić information content (AvgIpc) is 3.01. The van der Waals surface area contributed by atoms with E-state index in [0.717, 1.165) is 16.7 Å². The Balaban J connectivity index is 1.41. The van der Waals surface area contributed by atoms with Crippen LogP contribution >= 0.6 is 11.6 Å². The van der Waals surface area contributed by atoms with Gasteiger partial charge >= 0.3 is 6.03 Å². The van der Waals surface area contributed by atoms with Crippen molar-refractivity contribution in [1.82, 2.24) is 10.2 Å². The molecule has 3 amide bonds. The minimum absolute atomic E-state index is 0.0532. The van der Waals surface area contributed by atoms with Gasteiger partial charge in [0.05, 0.1) is 12.5 Å². The predicted octanol–water partition coefficient (Wildman–Crippen LogP) is 4.03. The van der Waals surface area contributed by atoms with Gasteiger partial charge in [0.25, 0.3) is 5.91 Å². The lowest BCUT2D eigenvalue weighted by atomic mass is 10.1. The molecule has 0 radical (unpaired) electrons. The third-order valence-corrected chi connectivity index (χ3v) is 6.75. The highest BCUT2D eigenvalue weighted by atomic mass is 35.5. The summed E-state index contributed by atoms with van der Waals surface area (Å²) < 4.78 is 0. The normalized spacial score (nSPS) is 18.2. The van der Waals surface area contributed by atoms with E-state index in [1.807, 2.05) is 31.2 Å². The second-order valence-corrected chi connectivity index (χ2v) is 9.07. The summed E-state index contributed by atoms with van der Waals surface area (Å²) in [6.07, 6.45) is 1.43. The van der Waals surface area contributed by atoms with Crippen molar-refractivity contribution in [3.63, 3.8) is 0 Å². The number of aryl methyl sites for hydroxylation is 1. The molecule has 1 atom stereocenters. The van der Waals surface area contributed by atoms with Gasteiger partial charge in [-0.3, -0.25) is 19.3 Å². The Morgan fingerprint density at radius 1 is 1.18 bits per heavy atom. The summed E-state index contributed by atoms with van der Waals surface area (Å²) in [6.45, 7) is 2.53. The van der Waals surface area contributed by atoms with Crippen LogP contribution in [0.15, 0.2) is 36.4 Å². The number of fused-ring (bicyclic) bond motifs is 1. The number of urea groups is 1. The zero-order valence-corrected chi connectivity index (χ0v) is 19.4. The van der Waals surface area contributed by atoms with Gasteiger partial charge in [-0.25, -0.2) is 4.79 Å². The number of ketones is 2. The minimum atomic E-state index is -0.547. The number of anilines is 1. The quantitative estimate of drug-likeness (QED) is 0.543. The molecule has 172 valence electrons. The van der Waals surface area contributed by atoms with Gasteiger partial charge in [0.1, 0.15) is 5.78 Å². The molecule has 7 nitrogen and oxygen atoms in total. The smallest absolute Gasteiger partial charge is 0.321 e. The van der Waals surface area contributed by atoms with E-state index in [-0.39, 0.29) is 29.9 Å². The summed E-state index contributed by atoms with van der Waals surface area (Å²) >= 11 is 6.17. The number of amides is 3. The van der Waals surface area contributed by atoms with Gasteiger partial charge in [0.2, 0.25) is 0 Å². The SMILES string of the molecule is Cc1ccc(N(C)C(=O)NCc2ccc3c(c2)CN(C2CCCC(=O)CC2=O)C3=O)cc1Cl. The monoisotopic (exact) mass is 467 g/mol. The standard InChI is InChI=1S/C25H26ClN3O4/c1-15-6-8-18(11-21(15)26)28(2)25(33)27-13-16-7-9-20-17(10-16)14-29(24(20)32)22-5-3-4-19(30)12-23(22)31/h6-11,22H,3-5,12-14H2,1-2H3,(H,27,33). The summed E-state index contributed by atoms with van der Waals surface area (Å²) in [7, 11) is 1.67. The molecule has 1 fully saturated rings. The number of Topliss-reactive ketones (excluding diaryl/α,β-unsaturated/α-hetero) is 2. The van der Waals surface area contributed by atoms with Crippen LogP contribution in [-0.4, -0.2) is 41.5 Å². The van der Waals surface area contributed by atoms with Crippen molar-refractivity contribution in [3.05, 3.63) is 63.7 Å². The Morgan fingerprint density at radius 2 is 1.97 bits per heavy atom. The van der Waals surface area contributed by atoms with Crippen molar-refractivity contribution in [2.45, 2.75) is 51.7 Å². The lowest BCUT2D eigenvalue weighted by Gasteiger charge is -2.25. The van der Waals surface area contributed by atoms with Crippen molar-refractivity contribution in [2.24, 2.45) is 0 Å². The summed E-state index contributed by atoms with van der Waals surface area (Å²) in [5.41, 5.74) is 3.88. The van der Waals surface area contributed by atoms with E-state index in [9.17, 15) is 19.2 Å². The topological polar surface area (TPSA) is 86.8 Å². The number of carbonyl (C=O) groups excluding carboxylic acids is 4. The predicted molar refractivity (Wildman–Crippen MR) is 125 cm³/mol. The van der Waals surface area contributed by atoms with Crippen molar-refractivity contribution >= 4 is 40.8 Å². The van der Waals surface area contributed by atoms with Crippen molar-refractivity contribution < 1.29 is 19.2 Å². The Bertz CT molecular complexity index is 1150.